The minimum absolute atomic E-state index is 0.0442. The molecule has 0 aromatic heterocycles. The average molecular weight is 523 g/mol. The number of nitrogens with one attached hydrogen (secondary N) is 2. The van der Waals surface area contributed by atoms with E-state index in [4.69, 9.17) is 4.74 Å². The van der Waals surface area contributed by atoms with Crippen molar-refractivity contribution in [1.29, 1.82) is 0 Å². The molecule has 9 nitrogen and oxygen atoms in total. The summed E-state index contributed by atoms with van der Waals surface area (Å²) in [5.74, 6) is -0.521. The summed E-state index contributed by atoms with van der Waals surface area (Å²) in [6.07, 6.45) is 4.94. The Hall–Kier alpha value is -2.01. The number of hydrogen-bond donors (Lipinski definition) is 2. The number of carbonyl (C=O) groups excluding carboxylic acids is 2. The van der Waals surface area contributed by atoms with Gasteiger partial charge in [0.05, 0.1) is 11.0 Å². The Morgan fingerprint density at radius 3 is 2.56 bits per heavy atom. The van der Waals surface area contributed by atoms with Crippen LogP contribution in [0.5, 0.6) is 0 Å². The second kappa shape index (κ2) is 14.7. The van der Waals surface area contributed by atoms with Crippen LogP contribution in [0.3, 0.4) is 0 Å². The van der Waals surface area contributed by atoms with E-state index in [2.05, 4.69) is 22.5 Å². The molecule has 1 unspecified atom stereocenters. The highest BCUT2D eigenvalue weighted by Gasteiger charge is 2.27. The van der Waals surface area contributed by atoms with Gasteiger partial charge < -0.3 is 20.3 Å². The Balaban J connectivity index is 1.45. The van der Waals surface area contributed by atoms with Crippen LogP contribution in [0.4, 0.5) is 0 Å². The number of ether oxygens (including phenoxy) is 1. The molecule has 0 radical (unpaired) electrons. The second-order valence-electron chi connectivity index (χ2n) is 9.59. The van der Waals surface area contributed by atoms with E-state index >= 15 is 0 Å². The summed E-state index contributed by atoms with van der Waals surface area (Å²) >= 11 is 0. The van der Waals surface area contributed by atoms with Gasteiger partial charge in [-0.1, -0.05) is 25.1 Å². The summed E-state index contributed by atoms with van der Waals surface area (Å²) in [5.41, 5.74) is 0. The van der Waals surface area contributed by atoms with E-state index in [0.717, 1.165) is 38.9 Å². The fourth-order valence-electron chi connectivity index (χ4n) is 4.78. The van der Waals surface area contributed by atoms with Gasteiger partial charge in [-0.2, -0.15) is 4.31 Å². The molecule has 2 fully saturated rings. The largest absolute Gasteiger partial charge is 0.378 e. The number of amides is 2. The van der Waals surface area contributed by atoms with Crippen LogP contribution < -0.4 is 10.6 Å². The first-order valence-electron chi connectivity index (χ1n) is 13.3. The van der Waals surface area contributed by atoms with Gasteiger partial charge in [0.15, 0.2) is 0 Å². The number of likely N-dealkylation sites (tertiary alicyclic amines) is 1. The molecule has 2 N–H and O–H groups in total. The number of benzene rings is 1. The van der Waals surface area contributed by atoms with Crippen molar-refractivity contribution in [3.05, 3.63) is 30.3 Å². The standard InChI is InChI=1S/C26H42N4O5S/c1-2-29-18-12-23(13-19-29)35-21-7-15-28-26(32)22-8-6-17-30(20-14-25(31)27-16-11-22)36(33,34)24-9-4-3-5-10-24/h3-5,9-10,22-23H,2,6-8,11-21H2,1H3,(H,27,31)(H,28,32). The predicted molar refractivity (Wildman–Crippen MR) is 139 cm³/mol. The first-order chi connectivity index (χ1) is 17.4. The number of rotatable bonds is 9. The van der Waals surface area contributed by atoms with Crippen LogP contribution in [0, 0.1) is 5.92 Å². The smallest absolute Gasteiger partial charge is 0.243 e. The molecule has 2 aliphatic rings. The van der Waals surface area contributed by atoms with Gasteiger partial charge in [0.25, 0.3) is 0 Å². The molecule has 0 bridgehead atoms. The second-order valence-corrected chi connectivity index (χ2v) is 11.5. The molecule has 0 saturated carbocycles. The van der Waals surface area contributed by atoms with E-state index < -0.39 is 10.0 Å². The molecule has 202 valence electrons. The fraction of sp³-hybridized carbons (Fsp3) is 0.692. The highest BCUT2D eigenvalue weighted by atomic mass is 32.2. The molecule has 10 heteroatoms. The Morgan fingerprint density at radius 2 is 1.83 bits per heavy atom. The summed E-state index contributed by atoms with van der Waals surface area (Å²) in [5, 5.41) is 5.85. The van der Waals surface area contributed by atoms with Crippen molar-refractivity contribution in [3.63, 3.8) is 0 Å². The van der Waals surface area contributed by atoms with Crippen molar-refractivity contribution in [1.82, 2.24) is 19.8 Å². The van der Waals surface area contributed by atoms with E-state index in [9.17, 15) is 18.0 Å². The van der Waals surface area contributed by atoms with Gasteiger partial charge in [0.2, 0.25) is 21.8 Å². The maximum atomic E-state index is 13.1. The topological polar surface area (TPSA) is 108 Å². The normalized spacial score (nSPS) is 21.9. The van der Waals surface area contributed by atoms with Crippen molar-refractivity contribution in [3.8, 4) is 0 Å². The monoisotopic (exact) mass is 522 g/mol. The summed E-state index contributed by atoms with van der Waals surface area (Å²) in [6, 6.07) is 8.27. The Morgan fingerprint density at radius 1 is 1.08 bits per heavy atom. The summed E-state index contributed by atoms with van der Waals surface area (Å²) < 4.78 is 33.6. The van der Waals surface area contributed by atoms with Crippen LogP contribution in [0.25, 0.3) is 0 Å². The number of piperidine rings is 1. The quantitative estimate of drug-likeness (QED) is 0.481. The van der Waals surface area contributed by atoms with Crippen LogP contribution in [0.15, 0.2) is 35.2 Å². The van der Waals surface area contributed by atoms with E-state index in [1.54, 1.807) is 30.3 Å². The van der Waals surface area contributed by atoms with Crippen LogP contribution in [0.1, 0.15) is 51.9 Å². The van der Waals surface area contributed by atoms with E-state index in [-0.39, 0.29) is 42.1 Å². The highest BCUT2D eigenvalue weighted by Crippen LogP contribution is 2.19. The zero-order chi connectivity index (χ0) is 25.8. The molecule has 0 aliphatic carbocycles. The van der Waals surface area contributed by atoms with Gasteiger partial charge in [-0.15, -0.1) is 0 Å². The predicted octanol–water partition coefficient (Wildman–Crippen LogP) is 1.99. The summed E-state index contributed by atoms with van der Waals surface area (Å²) in [7, 11) is -3.70. The molecular weight excluding hydrogens is 480 g/mol. The van der Waals surface area contributed by atoms with Crippen LogP contribution >= 0.6 is 0 Å². The molecule has 2 saturated heterocycles. The number of hydrogen-bond acceptors (Lipinski definition) is 6. The molecular formula is C26H42N4O5S. The van der Waals surface area contributed by atoms with Crippen molar-refractivity contribution < 1.29 is 22.7 Å². The molecule has 3 rings (SSSR count). The lowest BCUT2D eigenvalue weighted by atomic mass is 9.98. The molecule has 1 atom stereocenters. The lowest BCUT2D eigenvalue weighted by Gasteiger charge is -2.30. The van der Waals surface area contributed by atoms with Gasteiger partial charge >= 0.3 is 0 Å². The van der Waals surface area contributed by atoms with Gasteiger partial charge in [-0.05, 0) is 57.2 Å². The van der Waals surface area contributed by atoms with Crippen molar-refractivity contribution in [2.24, 2.45) is 5.92 Å². The molecule has 0 spiro atoms. The van der Waals surface area contributed by atoms with E-state index in [1.165, 1.54) is 4.31 Å². The van der Waals surface area contributed by atoms with Crippen LogP contribution in [-0.2, 0) is 24.3 Å². The zero-order valence-corrected chi connectivity index (χ0v) is 22.3. The van der Waals surface area contributed by atoms with Crippen molar-refractivity contribution >= 4 is 21.8 Å². The minimum Gasteiger partial charge on any atom is -0.378 e. The Bertz CT molecular complexity index is 920. The van der Waals surface area contributed by atoms with Crippen LogP contribution in [0.2, 0.25) is 0 Å². The Labute approximate surface area is 216 Å². The molecule has 1 aromatic rings. The van der Waals surface area contributed by atoms with Gasteiger partial charge in [-0.3, -0.25) is 9.59 Å². The maximum Gasteiger partial charge on any atom is 0.243 e. The summed E-state index contributed by atoms with van der Waals surface area (Å²) in [6.45, 7) is 7.42. The molecule has 2 heterocycles. The van der Waals surface area contributed by atoms with Crippen molar-refractivity contribution in [2.45, 2.75) is 62.9 Å². The first kappa shape index (κ1) is 28.6. The Kier molecular flexibility index (Phi) is 11.6. The zero-order valence-electron chi connectivity index (χ0n) is 21.5. The molecule has 1 aromatic carbocycles. The molecule has 2 aliphatic heterocycles. The summed E-state index contributed by atoms with van der Waals surface area (Å²) in [4.78, 5) is 27.8. The fourth-order valence-corrected chi connectivity index (χ4v) is 6.29. The van der Waals surface area contributed by atoms with Gasteiger partial charge in [-0.25, -0.2) is 8.42 Å². The molecule has 2 amide bonds. The minimum atomic E-state index is -3.70. The van der Waals surface area contributed by atoms with E-state index in [0.29, 0.717) is 45.1 Å². The third-order valence-corrected chi connectivity index (χ3v) is 8.98. The van der Waals surface area contributed by atoms with Gasteiger partial charge in [0.1, 0.15) is 0 Å². The number of nitrogens with zero attached hydrogens (tertiary/aromatic N) is 2. The number of carbonyl (C=O) groups is 2. The van der Waals surface area contributed by atoms with Crippen LogP contribution in [-0.4, -0.2) is 88.0 Å². The third kappa shape index (κ3) is 8.83. The van der Waals surface area contributed by atoms with E-state index in [1.807, 2.05) is 0 Å². The SMILES string of the molecule is CCN1CCC(OCCCNC(=O)C2CCCN(S(=O)(=O)c3ccccc3)CCC(=O)NCC2)CC1. The number of sulfonamides is 1. The van der Waals surface area contributed by atoms with Gasteiger partial charge in [0, 0.05) is 58.2 Å². The average Bonchev–Trinajstić information content (AvgIpc) is 2.94. The highest BCUT2D eigenvalue weighted by molar-refractivity contribution is 7.89. The lowest BCUT2D eigenvalue weighted by molar-refractivity contribution is -0.126. The maximum absolute atomic E-state index is 13.1. The first-order valence-corrected chi connectivity index (χ1v) is 14.8. The van der Waals surface area contributed by atoms with Crippen molar-refractivity contribution in [2.75, 3.05) is 52.4 Å². The third-order valence-electron chi connectivity index (χ3n) is 7.07. The lowest BCUT2D eigenvalue weighted by Crippen LogP contribution is -2.37. The molecule has 36 heavy (non-hydrogen) atoms.